The molecule has 1 aromatic heterocycles. The number of likely N-dealkylation sites (N-methyl/N-ethyl adjacent to an activating group) is 1. The molecule has 0 aliphatic heterocycles. The molecular weight excluding hydrogens is 350 g/mol. The quantitative estimate of drug-likeness (QED) is 0.653. The number of anilines is 1. The van der Waals surface area contributed by atoms with Crippen molar-refractivity contribution in [2.45, 2.75) is 17.9 Å². The number of carbonyl (C=O) groups excluding carboxylic acids is 1. The second-order valence-corrected chi connectivity index (χ2v) is 7.99. The number of nitrogens with one attached hydrogen (secondary N) is 2. The second-order valence-electron chi connectivity index (χ2n) is 6.04. The average Bonchev–Trinajstić information content (AvgIpc) is 3.05. The number of rotatable bonds is 6. The maximum atomic E-state index is 12.4. The van der Waals surface area contributed by atoms with Gasteiger partial charge in [-0.15, -0.1) is 23.1 Å². The van der Waals surface area contributed by atoms with E-state index in [1.54, 1.807) is 23.1 Å². The monoisotopic (exact) mass is 372 g/mol. The number of aromatic nitrogens is 1. The maximum Gasteiger partial charge on any atom is 0.279 e. The van der Waals surface area contributed by atoms with Crippen molar-refractivity contribution >= 4 is 44.9 Å². The third kappa shape index (κ3) is 4.39. The highest BCUT2D eigenvalue weighted by Crippen LogP contribution is 2.24. The van der Waals surface area contributed by atoms with Crippen LogP contribution in [0.25, 0.3) is 10.2 Å². The SMILES string of the molecule is CSc1cccc(NC(=O)C[NH+](C)[C@@H](C)c2nc3ccccc3s2)c1. The van der Waals surface area contributed by atoms with E-state index in [1.165, 1.54) is 4.70 Å². The first-order chi connectivity index (χ1) is 12.1. The van der Waals surface area contributed by atoms with Crippen molar-refractivity contribution in [2.75, 3.05) is 25.2 Å². The number of carbonyl (C=O) groups is 1. The van der Waals surface area contributed by atoms with Crippen LogP contribution >= 0.6 is 23.1 Å². The van der Waals surface area contributed by atoms with Crippen LogP contribution in [0.1, 0.15) is 18.0 Å². The predicted octanol–water partition coefficient (Wildman–Crippen LogP) is 3.23. The van der Waals surface area contributed by atoms with Crippen LogP contribution in [-0.2, 0) is 4.79 Å². The fourth-order valence-electron chi connectivity index (χ4n) is 2.60. The van der Waals surface area contributed by atoms with Crippen molar-refractivity contribution in [3.8, 4) is 0 Å². The van der Waals surface area contributed by atoms with Gasteiger partial charge in [-0.05, 0) is 43.5 Å². The van der Waals surface area contributed by atoms with Crippen LogP contribution in [0.4, 0.5) is 5.69 Å². The number of thiazole rings is 1. The fourth-order valence-corrected chi connectivity index (χ4v) is 4.17. The summed E-state index contributed by atoms with van der Waals surface area (Å²) in [6.07, 6.45) is 2.03. The number of quaternary nitrogens is 1. The fraction of sp³-hybridized carbons (Fsp3) is 0.263. The zero-order valence-electron chi connectivity index (χ0n) is 14.6. The van der Waals surface area contributed by atoms with Crippen LogP contribution in [0.5, 0.6) is 0 Å². The summed E-state index contributed by atoms with van der Waals surface area (Å²) in [6, 6.07) is 16.2. The molecule has 0 bridgehead atoms. The third-order valence-corrected chi connectivity index (χ3v) is 6.16. The van der Waals surface area contributed by atoms with Gasteiger partial charge < -0.3 is 10.2 Å². The Hall–Kier alpha value is -1.89. The van der Waals surface area contributed by atoms with Crippen molar-refractivity contribution in [1.82, 2.24) is 4.98 Å². The molecule has 0 fully saturated rings. The van der Waals surface area contributed by atoms with Crippen LogP contribution in [0.3, 0.4) is 0 Å². The summed E-state index contributed by atoms with van der Waals surface area (Å²) >= 11 is 3.37. The van der Waals surface area contributed by atoms with Gasteiger partial charge in [-0.25, -0.2) is 4.98 Å². The Kier molecular flexibility index (Phi) is 5.73. The number of benzene rings is 2. The molecule has 1 amide bonds. The lowest BCUT2D eigenvalue weighted by atomic mass is 10.3. The van der Waals surface area contributed by atoms with Gasteiger partial charge in [-0.3, -0.25) is 4.79 Å². The van der Waals surface area contributed by atoms with E-state index in [2.05, 4.69) is 18.3 Å². The third-order valence-electron chi connectivity index (χ3n) is 4.21. The zero-order chi connectivity index (χ0) is 17.8. The number of nitrogens with zero attached hydrogens (tertiary/aromatic N) is 1. The summed E-state index contributed by atoms with van der Waals surface area (Å²) in [5, 5.41) is 4.06. The van der Waals surface area contributed by atoms with Crippen LogP contribution in [-0.4, -0.2) is 30.7 Å². The first-order valence-electron chi connectivity index (χ1n) is 8.18. The first-order valence-corrected chi connectivity index (χ1v) is 10.2. The number of hydrogen-bond acceptors (Lipinski definition) is 4. The van der Waals surface area contributed by atoms with Gasteiger partial charge in [0.1, 0.15) is 6.04 Å². The van der Waals surface area contributed by atoms with E-state index < -0.39 is 0 Å². The number of para-hydroxylation sites is 1. The van der Waals surface area contributed by atoms with Gasteiger partial charge >= 0.3 is 0 Å². The molecule has 0 saturated heterocycles. The minimum atomic E-state index is 0.0173. The highest BCUT2D eigenvalue weighted by Gasteiger charge is 2.22. The van der Waals surface area contributed by atoms with E-state index in [9.17, 15) is 4.79 Å². The molecule has 1 unspecified atom stereocenters. The molecule has 2 N–H and O–H groups in total. The predicted molar refractivity (Wildman–Crippen MR) is 107 cm³/mol. The summed E-state index contributed by atoms with van der Waals surface area (Å²) in [5.74, 6) is 0.0173. The molecule has 1 heterocycles. The van der Waals surface area contributed by atoms with E-state index in [4.69, 9.17) is 4.98 Å². The minimum Gasteiger partial charge on any atom is -0.322 e. The van der Waals surface area contributed by atoms with Gasteiger partial charge in [-0.2, -0.15) is 0 Å². The van der Waals surface area contributed by atoms with Crippen molar-refractivity contribution < 1.29 is 9.69 Å². The number of amides is 1. The molecule has 0 spiro atoms. The van der Waals surface area contributed by atoms with Gasteiger partial charge in [0.2, 0.25) is 0 Å². The Morgan fingerprint density at radius 3 is 2.84 bits per heavy atom. The molecule has 2 atom stereocenters. The van der Waals surface area contributed by atoms with Gasteiger partial charge in [0.05, 0.1) is 17.3 Å². The first kappa shape index (κ1) is 17.9. The summed E-state index contributed by atoms with van der Waals surface area (Å²) in [7, 11) is 2.04. The zero-order valence-corrected chi connectivity index (χ0v) is 16.2. The number of thioether (sulfide) groups is 1. The molecular formula is C19H22N3OS2+. The smallest absolute Gasteiger partial charge is 0.279 e. The molecule has 3 aromatic rings. The molecule has 130 valence electrons. The maximum absolute atomic E-state index is 12.4. The van der Waals surface area contributed by atoms with Crippen molar-refractivity contribution in [3.05, 3.63) is 53.5 Å². The molecule has 3 rings (SSSR count). The lowest BCUT2D eigenvalue weighted by Gasteiger charge is -2.19. The van der Waals surface area contributed by atoms with Gasteiger partial charge in [0.15, 0.2) is 11.6 Å². The molecule has 25 heavy (non-hydrogen) atoms. The van der Waals surface area contributed by atoms with Crippen molar-refractivity contribution in [1.29, 1.82) is 0 Å². The van der Waals surface area contributed by atoms with Crippen LogP contribution in [0.15, 0.2) is 53.4 Å². The Morgan fingerprint density at radius 1 is 1.28 bits per heavy atom. The number of fused-ring (bicyclic) bond motifs is 1. The van der Waals surface area contributed by atoms with Crippen LogP contribution in [0.2, 0.25) is 0 Å². The Bertz CT molecular complexity index is 845. The molecule has 0 saturated carbocycles. The average molecular weight is 373 g/mol. The van der Waals surface area contributed by atoms with E-state index in [0.29, 0.717) is 6.54 Å². The summed E-state index contributed by atoms with van der Waals surface area (Å²) < 4.78 is 1.19. The molecule has 0 aliphatic carbocycles. The van der Waals surface area contributed by atoms with E-state index in [0.717, 1.165) is 26.0 Å². The number of hydrogen-bond donors (Lipinski definition) is 2. The van der Waals surface area contributed by atoms with Crippen molar-refractivity contribution in [3.63, 3.8) is 0 Å². The van der Waals surface area contributed by atoms with E-state index >= 15 is 0 Å². The lowest BCUT2D eigenvalue weighted by molar-refractivity contribution is -0.902. The van der Waals surface area contributed by atoms with E-state index in [1.807, 2.05) is 55.8 Å². The van der Waals surface area contributed by atoms with Crippen LogP contribution < -0.4 is 10.2 Å². The standard InChI is InChI=1S/C19H21N3OS2/c1-13(19-21-16-9-4-5-10-17(16)25-19)22(2)12-18(23)20-14-7-6-8-15(11-14)24-3/h4-11,13H,12H2,1-3H3,(H,20,23)/p+1/t13-/m0/s1. The van der Waals surface area contributed by atoms with Gasteiger partial charge in [0, 0.05) is 10.6 Å². The Balaban J connectivity index is 1.63. The lowest BCUT2D eigenvalue weighted by Crippen LogP contribution is -3.10. The van der Waals surface area contributed by atoms with Crippen LogP contribution in [0, 0.1) is 0 Å². The highest BCUT2D eigenvalue weighted by molar-refractivity contribution is 7.98. The second kappa shape index (κ2) is 7.99. The summed E-state index contributed by atoms with van der Waals surface area (Å²) in [4.78, 5) is 19.3. The van der Waals surface area contributed by atoms with Gasteiger partial charge in [0.25, 0.3) is 5.91 Å². The molecule has 0 radical (unpaired) electrons. The Labute approximate surface area is 156 Å². The largest absolute Gasteiger partial charge is 0.322 e. The molecule has 2 aromatic carbocycles. The van der Waals surface area contributed by atoms with E-state index in [-0.39, 0.29) is 11.9 Å². The minimum absolute atomic E-state index is 0.0173. The molecule has 6 heteroatoms. The van der Waals surface area contributed by atoms with Gasteiger partial charge in [-0.1, -0.05) is 18.2 Å². The highest BCUT2D eigenvalue weighted by atomic mass is 32.2. The topological polar surface area (TPSA) is 46.4 Å². The molecule has 4 nitrogen and oxygen atoms in total. The summed E-state index contributed by atoms with van der Waals surface area (Å²) in [6.45, 7) is 2.52. The molecule has 0 aliphatic rings. The van der Waals surface area contributed by atoms with Crippen molar-refractivity contribution in [2.24, 2.45) is 0 Å². The normalized spacial score (nSPS) is 13.6. The Morgan fingerprint density at radius 2 is 2.08 bits per heavy atom. The summed E-state index contributed by atoms with van der Waals surface area (Å²) in [5.41, 5.74) is 1.87.